The summed E-state index contributed by atoms with van der Waals surface area (Å²) in [5, 5.41) is 11.7. The van der Waals surface area contributed by atoms with E-state index < -0.39 is 5.97 Å². The second-order valence-electron chi connectivity index (χ2n) is 1.69. The first-order chi connectivity index (χ1) is 4.74. The van der Waals surface area contributed by atoms with Gasteiger partial charge >= 0.3 is 5.97 Å². The lowest BCUT2D eigenvalue weighted by Gasteiger charge is -1.77. The molecule has 0 radical (unpaired) electrons. The molecule has 3 N–H and O–H groups in total. The molecule has 62 valence electrons. The van der Waals surface area contributed by atoms with Crippen molar-refractivity contribution in [1.82, 2.24) is 5.16 Å². The van der Waals surface area contributed by atoms with Crippen LogP contribution < -0.4 is 5.73 Å². The minimum atomic E-state index is -1.13. The van der Waals surface area contributed by atoms with Crippen molar-refractivity contribution in [1.29, 1.82) is 0 Å². The molecule has 0 amide bonds. The van der Waals surface area contributed by atoms with Crippen molar-refractivity contribution < 1.29 is 14.4 Å². The molecule has 0 aliphatic carbocycles. The Bertz CT molecular complexity index is 248. The monoisotopic (exact) mass is 178 g/mol. The number of aromatic carboxylic acids is 1. The fraction of sp³-hybridized carbons (Fsp3) is 0.200. The Morgan fingerprint density at radius 1 is 1.82 bits per heavy atom. The predicted octanol–water partition coefficient (Wildman–Crippen LogP) is 0.253. The molecule has 0 aliphatic rings. The normalized spacial score (nSPS) is 8.82. The molecule has 0 aromatic carbocycles. The molecule has 0 saturated carbocycles. The highest BCUT2D eigenvalue weighted by Gasteiger charge is 2.08. The Morgan fingerprint density at radius 2 is 2.45 bits per heavy atom. The number of aromatic nitrogens is 1. The summed E-state index contributed by atoms with van der Waals surface area (Å²) < 4.78 is 4.39. The predicted molar refractivity (Wildman–Crippen MR) is 38.6 cm³/mol. The summed E-state index contributed by atoms with van der Waals surface area (Å²) in [6.45, 7) is 0.191. The SMILES string of the molecule is Cl.NCc1cc(C(=O)O)on1. The highest BCUT2D eigenvalue weighted by atomic mass is 35.5. The van der Waals surface area contributed by atoms with Crippen LogP contribution in [0.25, 0.3) is 0 Å². The molecule has 0 unspecified atom stereocenters. The van der Waals surface area contributed by atoms with Gasteiger partial charge in [-0.05, 0) is 0 Å². The fourth-order valence-corrected chi connectivity index (χ4v) is 0.509. The van der Waals surface area contributed by atoms with Gasteiger partial charge in [-0.25, -0.2) is 4.79 Å². The summed E-state index contributed by atoms with van der Waals surface area (Å²) in [5.41, 5.74) is 5.59. The third kappa shape index (κ3) is 2.21. The Hall–Kier alpha value is -1.07. The van der Waals surface area contributed by atoms with E-state index in [0.29, 0.717) is 5.69 Å². The summed E-state index contributed by atoms with van der Waals surface area (Å²) in [4.78, 5) is 10.2. The van der Waals surface area contributed by atoms with E-state index in [-0.39, 0.29) is 24.7 Å². The van der Waals surface area contributed by atoms with Gasteiger partial charge in [0, 0.05) is 12.6 Å². The summed E-state index contributed by atoms with van der Waals surface area (Å²) in [7, 11) is 0. The topological polar surface area (TPSA) is 89.4 Å². The number of carboxylic acid groups (broad SMARTS) is 1. The van der Waals surface area contributed by atoms with E-state index >= 15 is 0 Å². The molecule has 0 saturated heterocycles. The lowest BCUT2D eigenvalue weighted by molar-refractivity contribution is 0.0652. The van der Waals surface area contributed by atoms with Crippen molar-refractivity contribution >= 4 is 18.4 Å². The third-order valence-electron chi connectivity index (χ3n) is 0.979. The van der Waals surface area contributed by atoms with Gasteiger partial charge in [-0.3, -0.25) is 0 Å². The lowest BCUT2D eigenvalue weighted by atomic mass is 10.4. The maximum absolute atomic E-state index is 10.2. The molecule has 0 spiro atoms. The maximum atomic E-state index is 10.2. The number of hydrogen-bond donors (Lipinski definition) is 2. The number of carboxylic acids is 1. The zero-order valence-corrected chi connectivity index (χ0v) is 6.30. The van der Waals surface area contributed by atoms with Gasteiger partial charge in [-0.15, -0.1) is 12.4 Å². The molecule has 0 atom stereocenters. The summed E-state index contributed by atoms with van der Waals surface area (Å²) in [6, 6.07) is 1.29. The smallest absolute Gasteiger partial charge is 0.374 e. The number of carbonyl (C=O) groups is 1. The van der Waals surface area contributed by atoms with Crippen LogP contribution >= 0.6 is 12.4 Å². The van der Waals surface area contributed by atoms with E-state index in [0.717, 1.165) is 0 Å². The Balaban J connectivity index is 0.000001000. The molecule has 6 heteroatoms. The van der Waals surface area contributed by atoms with Gasteiger partial charge in [-0.1, -0.05) is 5.16 Å². The Morgan fingerprint density at radius 3 is 2.73 bits per heavy atom. The van der Waals surface area contributed by atoms with Crippen LogP contribution in [0.15, 0.2) is 10.6 Å². The highest BCUT2D eigenvalue weighted by molar-refractivity contribution is 5.85. The van der Waals surface area contributed by atoms with Gasteiger partial charge in [0.05, 0.1) is 5.69 Å². The number of hydrogen-bond acceptors (Lipinski definition) is 4. The van der Waals surface area contributed by atoms with E-state index in [9.17, 15) is 4.79 Å². The van der Waals surface area contributed by atoms with Crippen LogP contribution in [0.1, 0.15) is 16.2 Å². The standard InChI is InChI=1S/C5H6N2O3.ClH/c6-2-3-1-4(5(8)9)10-7-3;/h1H,2,6H2,(H,8,9);1H. The van der Waals surface area contributed by atoms with E-state index in [4.69, 9.17) is 10.8 Å². The van der Waals surface area contributed by atoms with Crippen molar-refractivity contribution in [3.63, 3.8) is 0 Å². The van der Waals surface area contributed by atoms with Crippen LogP contribution in [0.4, 0.5) is 0 Å². The Kier molecular flexibility index (Phi) is 3.56. The maximum Gasteiger partial charge on any atom is 0.374 e. The lowest BCUT2D eigenvalue weighted by Crippen LogP contribution is -1.96. The van der Waals surface area contributed by atoms with Crippen LogP contribution in [0.2, 0.25) is 0 Å². The van der Waals surface area contributed by atoms with Crippen LogP contribution in [0.5, 0.6) is 0 Å². The molecule has 1 aromatic heterocycles. The summed E-state index contributed by atoms with van der Waals surface area (Å²) in [6.07, 6.45) is 0. The van der Waals surface area contributed by atoms with Crippen molar-refractivity contribution in [2.24, 2.45) is 5.73 Å². The second kappa shape index (κ2) is 3.95. The molecular weight excluding hydrogens is 172 g/mol. The van der Waals surface area contributed by atoms with E-state index in [1.807, 2.05) is 0 Å². The summed E-state index contributed by atoms with van der Waals surface area (Å²) >= 11 is 0. The van der Waals surface area contributed by atoms with Crippen LogP contribution in [-0.4, -0.2) is 16.2 Å². The minimum Gasteiger partial charge on any atom is -0.475 e. The average Bonchev–Trinajstić information content (AvgIpc) is 2.34. The van der Waals surface area contributed by atoms with Gasteiger partial charge in [0.15, 0.2) is 0 Å². The average molecular weight is 179 g/mol. The molecule has 5 nitrogen and oxygen atoms in total. The van der Waals surface area contributed by atoms with Crippen molar-refractivity contribution in [3.8, 4) is 0 Å². The van der Waals surface area contributed by atoms with Crippen molar-refractivity contribution in [2.45, 2.75) is 6.54 Å². The van der Waals surface area contributed by atoms with Gasteiger partial charge in [0.2, 0.25) is 5.76 Å². The molecule has 0 aliphatic heterocycles. The van der Waals surface area contributed by atoms with Gasteiger partial charge in [0.1, 0.15) is 0 Å². The highest BCUT2D eigenvalue weighted by Crippen LogP contribution is 2.01. The third-order valence-corrected chi connectivity index (χ3v) is 0.979. The number of nitrogens with two attached hydrogens (primary N) is 1. The van der Waals surface area contributed by atoms with Gasteiger partial charge < -0.3 is 15.4 Å². The molecule has 0 fully saturated rings. The quantitative estimate of drug-likeness (QED) is 0.678. The van der Waals surface area contributed by atoms with Gasteiger partial charge in [-0.2, -0.15) is 0 Å². The largest absolute Gasteiger partial charge is 0.475 e. The zero-order chi connectivity index (χ0) is 7.56. The number of nitrogens with zero attached hydrogens (tertiary/aromatic N) is 1. The zero-order valence-electron chi connectivity index (χ0n) is 5.48. The van der Waals surface area contributed by atoms with E-state index in [2.05, 4.69) is 9.68 Å². The van der Waals surface area contributed by atoms with Crippen molar-refractivity contribution in [3.05, 3.63) is 17.5 Å². The minimum absolute atomic E-state index is 0. The molecule has 11 heavy (non-hydrogen) atoms. The van der Waals surface area contributed by atoms with Gasteiger partial charge in [0.25, 0.3) is 0 Å². The van der Waals surface area contributed by atoms with E-state index in [1.54, 1.807) is 0 Å². The summed E-state index contributed by atoms with van der Waals surface area (Å²) in [5.74, 6) is -1.31. The Labute approximate surface area is 68.6 Å². The molecule has 1 heterocycles. The van der Waals surface area contributed by atoms with E-state index in [1.165, 1.54) is 6.07 Å². The molecule has 0 bridgehead atoms. The number of rotatable bonds is 2. The van der Waals surface area contributed by atoms with Crippen molar-refractivity contribution in [2.75, 3.05) is 0 Å². The molecule has 1 aromatic rings. The van der Waals surface area contributed by atoms with Crippen LogP contribution in [0, 0.1) is 0 Å². The first-order valence-electron chi connectivity index (χ1n) is 2.63. The molecular formula is C5H7ClN2O3. The fourth-order valence-electron chi connectivity index (χ4n) is 0.509. The first-order valence-corrected chi connectivity index (χ1v) is 2.63. The first kappa shape index (κ1) is 9.93. The number of halogens is 1. The van der Waals surface area contributed by atoms with Crippen LogP contribution in [0.3, 0.4) is 0 Å². The second-order valence-corrected chi connectivity index (χ2v) is 1.69. The molecule has 1 rings (SSSR count). The van der Waals surface area contributed by atoms with Crippen LogP contribution in [-0.2, 0) is 6.54 Å².